The Kier molecular flexibility index (Phi) is 3.63. The van der Waals surface area contributed by atoms with Crippen molar-refractivity contribution in [2.75, 3.05) is 7.11 Å². The van der Waals surface area contributed by atoms with Gasteiger partial charge in [0.05, 0.1) is 12.6 Å². The van der Waals surface area contributed by atoms with Gasteiger partial charge in [-0.05, 0) is 43.8 Å². The lowest BCUT2D eigenvalue weighted by Gasteiger charge is -2.16. The average molecular weight is 339 g/mol. The van der Waals surface area contributed by atoms with Crippen LogP contribution in [-0.2, 0) is 15.1 Å². The Labute approximate surface area is 146 Å². The van der Waals surface area contributed by atoms with Crippen LogP contribution in [0.15, 0.2) is 59.9 Å². The van der Waals surface area contributed by atoms with E-state index in [-0.39, 0.29) is 5.54 Å². The normalized spacial score (nSPS) is 33.5. The summed E-state index contributed by atoms with van der Waals surface area (Å²) in [6.07, 6.45) is 15.5. The molecule has 0 radical (unpaired) electrons. The molecule has 2 fully saturated rings. The molecule has 4 aliphatic rings. The van der Waals surface area contributed by atoms with Gasteiger partial charge in [-0.15, -0.1) is 0 Å². The van der Waals surface area contributed by atoms with Crippen LogP contribution in [0, 0.1) is 17.8 Å². The monoisotopic (exact) mass is 339 g/mol. The highest BCUT2D eigenvalue weighted by atomic mass is 16.5. The highest BCUT2D eigenvalue weighted by Gasteiger charge is 2.55. The first-order valence-corrected chi connectivity index (χ1v) is 8.47. The molecule has 4 aliphatic carbocycles. The summed E-state index contributed by atoms with van der Waals surface area (Å²) in [4.78, 5) is 14.6. The zero-order chi connectivity index (χ0) is 17.6. The molecule has 0 aliphatic heterocycles. The minimum absolute atomic E-state index is 0.0105. The van der Waals surface area contributed by atoms with Crippen molar-refractivity contribution in [3.05, 3.63) is 59.9 Å². The van der Waals surface area contributed by atoms with Gasteiger partial charge in [-0.1, -0.05) is 23.8 Å². The van der Waals surface area contributed by atoms with Crippen molar-refractivity contribution < 1.29 is 14.6 Å². The number of aliphatic carboxylic acids is 1. The second-order valence-electron chi connectivity index (χ2n) is 7.04. The quantitative estimate of drug-likeness (QED) is 0.916. The molecule has 4 atom stereocenters. The first-order valence-electron chi connectivity index (χ1n) is 8.47. The number of carbonyl (C=O) groups is 1. The van der Waals surface area contributed by atoms with Gasteiger partial charge >= 0.3 is 5.97 Å². The van der Waals surface area contributed by atoms with Gasteiger partial charge < -0.3 is 9.84 Å². The molecule has 4 unspecified atom stereocenters. The van der Waals surface area contributed by atoms with Crippen LogP contribution in [0.4, 0.5) is 0 Å². The molecule has 6 heteroatoms. The Morgan fingerprint density at radius 1 is 1.40 bits per heavy atom. The maximum Gasteiger partial charge on any atom is 0.331 e. The van der Waals surface area contributed by atoms with Crippen LogP contribution in [0.3, 0.4) is 0 Å². The fourth-order valence-electron chi connectivity index (χ4n) is 3.82. The lowest BCUT2D eigenvalue weighted by molar-refractivity contribution is -0.133. The fraction of sp³-hybridized carbons (Fsp3) is 0.421. The highest BCUT2D eigenvalue weighted by molar-refractivity contribution is 5.89. The SMILES string of the molecule is CC1=CC=C(C(=O)O)C2CC12.COC1=CC2(n3cncn3)CC2C=C1. The Morgan fingerprint density at radius 3 is 2.92 bits per heavy atom. The van der Waals surface area contributed by atoms with E-state index >= 15 is 0 Å². The van der Waals surface area contributed by atoms with Crippen molar-refractivity contribution in [1.29, 1.82) is 0 Å². The van der Waals surface area contributed by atoms with Crippen LogP contribution in [0.5, 0.6) is 0 Å². The predicted molar refractivity (Wildman–Crippen MR) is 91.4 cm³/mol. The molecule has 0 amide bonds. The van der Waals surface area contributed by atoms with Gasteiger partial charge in [-0.25, -0.2) is 14.5 Å². The Hall–Kier alpha value is -2.63. The van der Waals surface area contributed by atoms with Crippen LogP contribution < -0.4 is 0 Å². The molecule has 1 heterocycles. The number of methoxy groups -OCH3 is 1. The van der Waals surface area contributed by atoms with Gasteiger partial charge in [0.1, 0.15) is 18.4 Å². The number of ether oxygens (including phenoxy) is 1. The Morgan fingerprint density at radius 2 is 2.24 bits per heavy atom. The van der Waals surface area contributed by atoms with E-state index in [2.05, 4.69) is 29.2 Å². The minimum atomic E-state index is -0.749. The van der Waals surface area contributed by atoms with Crippen molar-refractivity contribution in [2.24, 2.45) is 17.8 Å². The summed E-state index contributed by atoms with van der Waals surface area (Å²) < 4.78 is 7.14. The van der Waals surface area contributed by atoms with Gasteiger partial charge in [-0.2, -0.15) is 5.10 Å². The number of allylic oxidation sites excluding steroid dienone is 6. The van der Waals surface area contributed by atoms with Crippen molar-refractivity contribution in [3.63, 3.8) is 0 Å². The molecule has 0 bridgehead atoms. The van der Waals surface area contributed by atoms with Crippen molar-refractivity contribution in [2.45, 2.75) is 25.3 Å². The third-order valence-electron chi connectivity index (χ3n) is 5.54. The summed E-state index contributed by atoms with van der Waals surface area (Å²) in [5, 5.41) is 12.9. The summed E-state index contributed by atoms with van der Waals surface area (Å²) in [6.45, 7) is 2.07. The molecular weight excluding hydrogens is 318 g/mol. The number of carboxylic acids is 1. The average Bonchev–Trinajstić information content (AvgIpc) is 3.49. The second kappa shape index (κ2) is 5.72. The van der Waals surface area contributed by atoms with Gasteiger partial charge in [0.25, 0.3) is 0 Å². The van der Waals surface area contributed by atoms with Crippen molar-refractivity contribution in [3.8, 4) is 0 Å². The van der Waals surface area contributed by atoms with E-state index in [0.717, 1.165) is 18.6 Å². The maximum atomic E-state index is 10.6. The molecule has 1 N–H and O–H groups in total. The Balaban J connectivity index is 0.000000129. The van der Waals surface area contributed by atoms with Crippen LogP contribution >= 0.6 is 0 Å². The molecule has 130 valence electrons. The molecule has 0 spiro atoms. The molecule has 1 aromatic heterocycles. The first kappa shape index (κ1) is 15.9. The summed E-state index contributed by atoms with van der Waals surface area (Å²) >= 11 is 0. The second-order valence-corrected chi connectivity index (χ2v) is 7.04. The third-order valence-corrected chi connectivity index (χ3v) is 5.54. The number of carboxylic acid groups (broad SMARTS) is 1. The molecule has 6 nitrogen and oxygen atoms in total. The first-order chi connectivity index (χ1) is 12.0. The van der Waals surface area contributed by atoms with Gasteiger partial charge in [0.15, 0.2) is 0 Å². The number of hydrogen-bond acceptors (Lipinski definition) is 4. The van der Waals surface area contributed by atoms with Crippen molar-refractivity contribution >= 4 is 5.97 Å². The number of nitrogens with zero attached hydrogens (tertiary/aromatic N) is 3. The molecule has 2 saturated carbocycles. The van der Waals surface area contributed by atoms with Crippen LogP contribution in [-0.4, -0.2) is 33.0 Å². The van der Waals surface area contributed by atoms with Crippen LogP contribution in [0.25, 0.3) is 0 Å². The van der Waals surface area contributed by atoms with Crippen LogP contribution in [0.1, 0.15) is 19.8 Å². The standard InChI is InChI=1S/C10H11N3O.C9H10O2/c1-14-9-3-2-8-4-10(8,5-9)13-7-11-6-12-13;1-5-2-3-6(9(10)11)8-4-7(5)8/h2-3,5-8H,4H2,1H3;2-3,7-8H,4H2,1H3,(H,10,11). The van der Waals surface area contributed by atoms with E-state index in [9.17, 15) is 4.79 Å². The van der Waals surface area contributed by atoms with E-state index in [1.807, 2.05) is 16.8 Å². The van der Waals surface area contributed by atoms with Crippen LogP contribution in [0.2, 0.25) is 0 Å². The number of hydrogen-bond donors (Lipinski definition) is 1. The number of aromatic nitrogens is 3. The van der Waals surface area contributed by atoms with E-state index < -0.39 is 5.97 Å². The molecule has 25 heavy (non-hydrogen) atoms. The van der Waals surface area contributed by atoms with E-state index in [0.29, 0.717) is 23.3 Å². The van der Waals surface area contributed by atoms with Gasteiger partial charge in [-0.3, -0.25) is 0 Å². The van der Waals surface area contributed by atoms with E-state index in [4.69, 9.17) is 9.84 Å². The smallest absolute Gasteiger partial charge is 0.331 e. The van der Waals surface area contributed by atoms with Crippen molar-refractivity contribution in [1.82, 2.24) is 14.8 Å². The fourth-order valence-corrected chi connectivity index (χ4v) is 3.82. The summed E-state index contributed by atoms with van der Waals surface area (Å²) in [5.41, 5.74) is 1.94. The summed E-state index contributed by atoms with van der Waals surface area (Å²) in [7, 11) is 1.69. The minimum Gasteiger partial charge on any atom is -0.497 e. The lowest BCUT2D eigenvalue weighted by Crippen LogP contribution is -2.19. The number of rotatable bonds is 3. The predicted octanol–water partition coefficient (Wildman–Crippen LogP) is 2.69. The molecule has 0 aromatic carbocycles. The summed E-state index contributed by atoms with van der Waals surface area (Å²) in [6, 6.07) is 0. The van der Waals surface area contributed by atoms with Gasteiger partial charge in [0, 0.05) is 11.5 Å². The highest BCUT2D eigenvalue weighted by Crippen LogP contribution is 2.54. The largest absolute Gasteiger partial charge is 0.497 e. The zero-order valence-corrected chi connectivity index (χ0v) is 14.3. The Bertz CT molecular complexity index is 819. The van der Waals surface area contributed by atoms with Gasteiger partial charge in [0.2, 0.25) is 0 Å². The lowest BCUT2D eigenvalue weighted by atomic mass is 10.00. The molecule has 5 rings (SSSR count). The molecule has 0 saturated heterocycles. The third kappa shape index (κ3) is 2.71. The number of fused-ring (bicyclic) bond motifs is 2. The topological polar surface area (TPSA) is 77.2 Å². The van der Waals surface area contributed by atoms with E-state index in [1.165, 1.54) is 5.57 Å². The molecule has 1 aromatic rings. The maximum absolute atomic E-state index is 10.6. The zero-order valence-electron chi connectivity index (χ0n) is 14.3. The van der Waals surface area contributed by atoms with E-state index in [1.54, 1.807) is 25.8 Å². The molecular formula is C19H21N3O3. The summed E-state index contributed by atoms with van der Waals surface area (Å²) in [5.74, 6) is 1.60.